The van der Waals surface area contributed by atoms with Gasteiger partial charge in [-0.3, -0.25) is 4.79 Å². The summed E-state index contributed by atoms with van der Waals surface area (Å²) in [7, 11) is 0. The first-order valence-corrected chi connectivity index (χ1v) is 6.87. The Morgan fingerprint density at radius 2 is 1.62 bits per heavy atom. The fourth-order valence-electron chi connectivity index (χ4n) is 1.74. The number of carbonyl (C=O) groups is 2. The SMILES string of the molecule is CCOC(=O)/C=C(\C=C(/C(C)=O)c1ccccc1)OCC. The first kappa shape index (κ1) is 16.7. The largest absolute Gasteiger partial charge is 0.494 e. The molecule has 0 aliphatic carbocycles. The first-order chi connectivity index (χ1) is 10.1. The van der Waals surface area contributed by atoms with E-state index in [9.17, 15) is 9.59 Å². The monoisotopic (exact) mass is 288 g/mol. The molecular weight excluding hydrogens is 268 g/mol. The van der Waals surface area contributed by atoms with Crippen molar-refractivity contribution >= 4 is 17.3 Å². The summed E-state index contributed by atoms with van der Waals surface area (Å²) in [4.78, 5) is 23.4. The van der Waals surface area contributed by atoms with Crippen molar-refractivity contribution in [1.29, 1.82) is 0 Å². The van der Waals surface area contributed by atoms with Crippen LogP contribution in [0.4, 0.5) is 0 Å². The van der Waals surface area contributed by atoms with Gasteiger partial charge in [-0.2, -0.15) is 0 Å². The van der Waals surface area contributed by atoms with Crippen molar-refractivity contribution in [3.63, 3.8) is 0 Å². The molecule has 112 valence electrons. The van der Waals surface area contributed by atoms with Crippen LogP contribution in [0.2, 0.25) is 0 Å². The number of carbonyl (C=O) groups excluding carboxylic acids is 2. The molecule has 0 spiro atoms. The lowest BCUT2D eigenvalue weighted by Gasteiger charge is -2.08. The zero-order valence-electron chi connectivity index (χ0n) is 12.6. The fourth-order valence-corrected chi connectivity index (χ4v) is 1.74. The number of ether oxygens (including phenoxy) is 2. The van der Waals surface area contributed by atoms with Crippen LogP contribution in [-0.2, 0) is 19.1 Å². The second-order valence-electron chi connectivity index (χ2n) is 4.21. The predicted octanol–water partition coefficient (Wildman–Crippen LogP) is 3.14. The van der Waals surface area contributed by atoms with E-state index in [0.717, 1.165) is 5.56 Å². The second kappa shape index (κ2) is 8.74. The Balaban J connectivity index is 3.16. The smallest absolute Gasteiger partial charge is 0.334 e. The maximum absolute atomic E-state index is 11.8. The summed E-state index contributed by atoms with van der Waals surface area (Å²) in [5.41, 5.74) is 1.26. The lowest BCUT2D eigenvalue weighted by Crippen LogP contribution is -2.04. The number of benzene rings is 1. The van der Waals surface area contributed by atoms with Gasteiger partial charge in [-0.15, -0.1) is 0 Å². The summed E-state index contributed by atoms with van der Waals surface area (Å²) in [6, 6.07) is 9.24. The van der Waals surface area contributed by atoms with Gasteiger partial charge in [-0.1, -0.05) is 30.3 Å². The van der Waals surface area contributed by atoms with E-state index in [1.54, 1.807) is 13.0 Å². The van der Waals surface area contributed by atoms with Crippen LogP contribution in [0.15, 0.2) is 48.2 Å². The van der Waals surface area contributed by atoms with Crippen LogP contribution in [0.1, 0.15) is 26.3 Å². The molecule has 0 bridgehead atoms. The molecule has 0 saturated heterocycles. The molecule has 0 radical (unpaired) electrons. The molecule has 0 heterocycles. The van der Waals surface area contributed by atoms with Gasteiger partial charge in [0.15, 0.2) is 5.78 Å². The van der Waals surface area contributed by atoms with Gasteiger partial charge in [0.1, 0.15) is 5.76 Å². The molecule has 0 amide bonds. The third-order valence-electron chi connectivity index (χ3n) is 2.61. The van der Waals surface area contributed by atoms with Crippen molar-refractivity contribution < 1.29 is 19.1 Å². The van der Waals surface area contributed by atoms with Crippen LogP contribution >= 0.6 is 0 Å². The van der Waals surface area contributed by atoms with E-state index < -0.39 is 5.97 Å². The van der Waals surface area contributed by atoms with E-state index in [4.69, 9.17) is 9.47 Å². The molecule has 0 unspecified atom stereocenters. The van der Waals surface area contributed by atoms with Crippen LogP contribution in [0, 0.1) is 0 Å². The average molecular weight is 288 g/mol. The molecule has 0 atom stereocenters. The average Bonchev–Trinajstić information content (AvgIpc) is 2.45. The van der Waals surface area contributed by atoms with Gasteiger partial charge in [-0.05, 0) is 32.4 Å². The van der Waals surface area contributed by atoms with Crippen molar-refractivity contribution in [1.82, 2.24) is 0 Å². The van der Waals surface area contributed by atoms with Crippen molar-refractivity contribution in [2.75, 3.05) is 13.2 Å². The molecule has 0 aromatic heterocycles. The summed E-state index contributed by atoms with van der Waals surface area (Å²) < 4.78 is 10.2. The standard InChI is InChI=1S/C17H20O4/c1-4-20-15(12-17(19)21-5-2)11-16(13(3)18)14-9-7-6-8-10-14/h6-12H,4-5H2,1-3H3/b15-12+,16-11+. The Kier molecular flexibility index (Phi) is 6.95. The maximum atomic E-state index is 11.8. The Morgan fingerprint density at radius 3 is 2.14 bits per heavy atom. The van der Waals surface area contributed by atoms with Gasteiger partial charge in [0.25, 0.3) is 0 Å². The molecule has 1 aromatic carbocycles. The van der Waals surface area contributed by atoms with Crippen LogP contribution in [0.25, 0.3) is 5.57 Å². The summed E-state index contributed by atoms with van der Waals surface area (Å²) in [5, 5.41) is 0. The van der Waals surface area contributed by atoms with Gasteiger partial charge in [-0.25, -0.2) is 4.79 Å². The summed E-state index contributed by atoms with van der Waals surface area (Å²) in [5.74, 6) is -0.283. The zero-order chi connectivity index (χ0) is 15.7. The van der Waals surface area contributed by atoms with Crippen molar-refractivity contribution in [3.05, 3.63) is 53.8 Å². The molecule has 4 nitrogen and oxygen atoms in total. The number of allylic oxidation sites excluding steroid dienone is 2. The van der Waals surface area contributed by atoms with E-state index in [1.807, 2.05) is 37.3 Å². The quantitative estimate of drug-likeness (QED) is 0.335. The van der Waals surface area contributed by atoms with Gasteiger partial charge in [0.05, 0.1) is 19.3 Å². The molecule has 0 aliphatic rings. The summed E-state index contributed by atoms with van der Waals surface area (Å²) >= 11 is 0. The predicted molar refractivity (Wildman–Crippen MR) is 81.4 cm³/mol. The fraction of sp³-hybridized carbons (Fsp3) is 0.294. The lowest BCUT2D eigenvalue weighted by atomic mass is 10.0. The second-order valence-corrected chi connectivity index (χ2v) is 4.21. The van der Waals surface area contributed by atoms with Crippen LogP contribution in [-0.4, -0.2) is 25.0 Å². The number of ketones is 1. The Hall–Kier alpha value is -2.36. The van der Waals surface area contributed by atoms with Gasteiger partial charge in [0.2, 0.25) is 0 Å². The minimum absolute atomic E-state index is 0.101. The van der Waals surface area contributed by atoms with Crippen LogP contribution < -0.4 is 0 Å². The number of hydrogen-bond donors (Lipinski definition) is 0. The lowest BCUT2D eigenvalue weighted by molar-refractivity contribution is -0.137. The highest BCUT2D eigenvalue weighted by molar-refractivity contribution is 6.20. The Morgan fingerprint density at radius 1 is 1.00 bits per heavy atom. The molecule has 4 heteroatoms. The molecule has 0 aliphatic heterocycles. The molecule has 0 N–H and O–H groups in total. The highest BCUT2D eigenvalue weighted by atomic mass is 16.5. The number of hydrogen-bond acceptors (Lipinski definition) is 4. The molecule has 1 rings (SSSR count). The summed E-state index contributed by atoms with van der Waals surface area (Å²) in [6.45, 7) is 5.70. The van der Waals surface area contributed by atoms with Crippen molar-refractivity contribution in [3.8, 4) is 0 Å². The molecule has 21 heavy (non-hydrogen) atoms. The highest BCUT2D eigenvalue weighted by Gasteiger charge is 2.09. The van der Waals surface area contributed by atoms with Gasteiger partial charge in [0, 0.05) is 5.57 Å². The highest BCUT2D eigenvalue weighted by Crippen LogP contribution is 2.18. The molecule has 1 aromatic rings. The minimum Gasteiger partial charge on any atom is -0.494 e. The molecule has 0 fully saturated rings. The van der Waals surface area contributed by atoms with Gasteiger partial charge < -0.3 is 9.47 Å². The normalized spacial score (nSPS) is 12.0. The third kappa shape index (κ3) is 5.65. The number of esters is 1. The topological polar surface area (TPSA) is 52.6 Å². The number of Topliss-reactive ketones (excluding diaryl/α,β-unsaturated/α-hetero) is 1. The minimum atomic E-state index is -0.492. The number of rotatable bonds is 7. The van der Waals surface area contributed by atoms with E-state index in [-0.39, 0.29) is 12.4 Å². The van der Waals surface area contributed by atoms with Gasteiger partial charge >= 0.3 is 5.97 Å². The Labute approximate surface area is 125 Å². The Bertz CT molecular complexity index is 541. The van der Waals surface area contributed by atoms with Crippen molar-refractivity contribution in [2.24, 2.45) is 0 Å². The van der Waals surface area contributed by atoms with E-state index >= 15 is 0 Å². The first-order valence-electron chi connectivity index (χ1n) is 6.87. The zero-order valence-corrected chi connectivity index (χ0v) is 12.6. The molecule has 0 saturated carbocycles. The summed E-state index contributed by atoms with van der Waals surface area (Å²) in [6.07, 6.45) is 2.82. The van der Waals surface area contributed by atoms with Crippen molar-refractivity contribution in [2.45, 2.75) is 20.8 Å². The van der Waals surface area contributed by atoms with E-state index in [1.165, 1.54) is 13.0 Å². The van der Waals surface area contributed by atoms with E-state index in [2.05, 4.69) is 0 Å². The van der Waals surface area contributed by atoms with Crippen LogP contribution in [0.3, 0.4) is 0 Å². The maximum Gasteiger partial charge on any atom is 0.334 e. The van der Waals surface area contributed by atoms with Crippen LogP contribution in [0.5, 0.6) is 0 Å². The van der Waals surface area contributed by atoms with E-state index in [0.29, 0.717) is 17.9 Å². The third-order valence-corrected chi connectivity index (χ3v) is 2.61. The molecular formula is C17H20O4.